The highest BCUT2D eigenvalue weighted by Gasteiger charge is 2.31. The second-order valence-electron chi connectivity index (χ2n) is 5.32. The molecule has 5 nitrogen and oxygen atoms in total. The van der Waals surface area contributed by atoms with Crippen LogP contribution in [0.15, 0.2) is 30.7 Å². The lowest BCUT2D eigenvalue weighted by molar-refractivity contribution is -0.122. The number of hydrogen-bond acceptors (Lipinski definition) is 4. The van der Waals surface area contributed by atoms with Crippen LogP contribution >= 0.6 is 0 Å². The van der Waals surface area contributed by atoms with E-state index in [4.69, 9.17) is 5.73 Å². The fourth-order valence-corrected chi connectivity index (χ4v) is 2.87. The first-order valence-corrected chi connectivity index (χ1v) is 6.88. The molecule has 0 amide bonds. The van der Waals surface area contributed by atoms with Crippen LogP contribution in [-0.2, 0) is 18.3 Å². The first-order valence-electron chi connectivity index (χ1n) is 6.88. The van der Waals surface area contributed by atoms with Gasteiger partial charge in [0.25, 0.3) is 0 Å². The molecule has 0 spiro atoms. The number of hydrogen-bond donors (Lipinski definition) is 1. The van der Waals surface area contributed by atoms with Gasteiger partial charge in [0, 0.05) is 25.0 Å². The number of aryl methyl sites for hydroxylation is 2. The molecule has 2 unspecified atom stereocenters. The first-order chi connectivity index (χ1) is 9.66. The summed E-state index contributed by atoms with van der Waals surface area (Å²) in [6.07, 6.45) is 8.04. The second kappa shape index (κ2) is 5.17. The highest BCUT2D eigenvalue weighted by atomic mass is 16.1. The summed E-state index contributed by atoms with van der Waals surface area (Å²) in [6.45, 7) is 0. The molecule has 0 aromatic carbocycles. The van der Waals surface area contributed by atoms with Crippen LogP contribution in [0, 0.1) is 0 Å². The van der Waals surface area contributed by atoms with Crippen molar-refractivity contribution in [3.63, 3.8) is 0 Å². The van der Waals surface area contributed by atoms with Gasteiger partial charge in [0.2, 0.25) is 0 Å². The molecular weight excluding hydrogens is 252 g/mol. The molecule has 2 N–H and O–H groups in total. The summed E-state index contributed by atoms with van der Waals surface area (Å²) in [5, 5.41) is 4.08. The Labute approximate surface area is 117 Å². The van der Waals surface area contributed by atoms with E-state index < -0.39 is 6.04 Å². The molecule has 0 fully saturated rings. The van der Waals surface area contributed by atoms with E-state index in [0.717, 1.165) is 30.5 Å². The van der Waals surface area contributed by atoms with Gasteiger partial charge in [-0.3, -0.25) is 14.5 Å². The minimum absolute atomic E-state index is 0.0395. The fourth-order valence-electron chi connectivity index (χ4n) is 2.87. The topological polar surface area (TPSA) is 73.8 Å². The Balaban J connectivity index is 1.88. The number of rotatable bonds is 3. The van der Waals surface area contributed by atoms with Gasteiger partial charge in [0.15, 0.2) is 5.78 Å². The van der Waals surface area contributed by atoms with Gasteiger partial charge in [0.05, 0.1) is 23.9 Å². The van der Waals surface area contributed by atoms with Crippen LogP contribution in [0.3, 0.4) is 0 Å². The van der Waals surface area contributed by atoms with Crippen LogP contribution in [0.4, 0.5) is 0 Å². The predicted octanol–water partition coefficient (Wildman–Crippen LogP) is 1.50. The van der Waals surface area contributed by atoms with Gasteiger partial charge in [0.1, 0.15) is 0 Å². The second-order valence-corrected chi connectivity index (χ2v) is 5.32. The maximum Gasteiger partial charge on any atom is 0.163 e. The third-order valence-corrected chi connectivity index (χ3v) is 3.93. The lowest BCUT2D eigenvalue weighted by atomic mass is 9.81. The average Bonchev–Trinajstić information content (AvgIpc) is 2.91. The van der Waals surface area contributed by atoms with Crippen LogP contribution in [0.5, 0.6) is 0 Å². The summed E-state index contributed by atoms with van der Waals surface area (Å²) in [6, 6.07) is 3.35. The van der Waals surface area contributed by atoms with Crippen molar-refractivity contribution in [1.82, 2.24) is 14.8 Å². The van der Waals surface area contributed by atoms with Gasteiger partial charge in [-0.25, -0.2) is 0 Å². The number of nitrogens with two attached hydrogens (primary N) is 1. The van der Waals surface area contributed by atoms with Gasteiger partial charge >= 0.3 is 0 Å². The number of Topliss-reactive ketones (excluding diaryl/α,β-unsaturated/α-hetero) is 1. The van der Waals surface area contributed by atoms with Crippen molar-refractivity contribution < 1.29 is 4.79 Å². The van der Waals surface area contributed by atoms with E-state index in [-0.39, 0.29) is 11.7 Å². The SMILES string of the molecule is Cn1cc(C(N)C(=O)C2CCCc3cccnc32)cn1. The smallest absolute Gasteiger partial charge is 0.163 e. The Morgan fingerprint density at radius 3 is 3.15 bits per heavy atom. The largest absolute Gasteiger partial charge is 0.318 e. The number of carbonyl (C=O) groups excluding carboxylic acids is 1. The van der Waals surface area contributed by atoms with Crippen LogP contribution in [0.25, 0.3) is 0 Å². The van der Waals surface area contributed by atoms with E-state index in [1.165, 1.54) is 5.56 Å². The van der Waals surface area contributed by atoms with E-state index in [1.54, 1.807) is 23.3 Å². The van der Waals surface area contributed by atoms with Crippen LogP contribution < -0.4 is 5.73 Å². The zero-order valence-corrected chi connectivity index (χ0v) is 11.5. The molecule has 0 saturated carbocycles. The van der Waals surface area contributed by atoms with Gasteiger partial charge in [-0.15, -0.1) is 0 Å². The lowest BCUT2D eigenvalue weighted by Crippen LogP contribution is -2.29. The van der Waals surface area contributed by atoms with Crippen LogP contribution in [0.2, 0.25) is 0 Å². The van der Waals surface area contributed by atoms with Crippen LogP contribution in [-0.4, -0.2) is 20.5 Å². The number of nitrogens with zero attached hydrogens (tertiary/aromatic N) is 3. The molecule has 0 radical (unpaired) electrons. The molecular formula is C15H18N4O. The summed E-state index contributed by atoms with van der Waals surface area (Å²) >= 11 is 0. The fraction of sp³-hybridized carbons (Fsp3) is 0.400. The summed E-state index contributed by atoms with van der Waals surface area (Å²) in [5.74, 6) is -0.146. The molecule has 0 saturated heterocycles. The Kier molecular flexibility index (Phi) is 3.36. The Bertz CT molecular complexity index is 634. The van der Waals surface area contributed by atoms with E-state index in [9.17, 15) is 4.79 Å². The van der Waals surface area contributed by atoms with Crippen molar-refractivity contribution in [2.45, 2.75) is 31.2 Å². The molecule has 0 aliphatic heterocycles. The highest BCUT2D eigenvalue weighted by Crippen LogP contribution is 2.33. The first kappa shape index (κ1) is 13.0. The molecule has 2 atom stereocenters. The normalized spacial score (nSPS) is 19.4. The van der Waals surface area contributed by atoms with Crippen molar-refractivity contribution in [2.75, 3.05) is 0 Å². The van der Waals surface area contributed by atoms with Crippen molar-refractivity contribution >= 4 is 5.78 Å². The monoisotopic (exact) mass is 270 g/mol. The Morgan fingerprint density at radius 1 is 1.55 bits per heavy atom. The minimum atomic E-state index is -0.623. The van der Waals surface area contributed by atoms with Crippen molar-refractivity contribution in [3.8, 4) is 0 Å². The summed E-state index contributed by atoms with van der Waals surface area (Å²) in [7, 11) is 1.82. The number of pyridine rings is 1. The Morgan fingerprint density at radius 2 is 2.40 bits per heavy atom. The molecule has 1 aliphatic rings. The van der Waals surface area contributed by atoms with Crippen molar-refractivity contribution in [1.29, 1.82) is 0 Å². The number of carbonyl (C=O) groups is 1. The van der Waals surface area contributed by atoms with E-state index in [0.29, 0.717) is 0 Å². The Hall–Kier alpha value is -2.01. The zero-order valence-electron chi connectivity index (χ0n) is 11.5. The predicted molar refractivity (Wildman–Crippen MR) is 75.1 cm³/mol. The molecule has 1 aliphatic carbocycles. The third kappa shape index (κ3) is 2.25. The molecule has 2 aromatic heterocycles. The van der Waals surface area contributed by atoms with Crippen molar-refractivity contribution in [2.24, 2.45) is 12.8 Å². The minimum Gasteiger partial charge on any atom is -0.318 e. The molecule has 0 bridgehead atoms. The number of fused-ring (bicyclic) bond motifs is 1. The maximum atomic E-state index is 12.7. The van der Waals surface area contributed by atoms with Gasteiger partial charge < -0.3 is 5.73 Å². The highest BCUT2D eigenvalue weighted by molar-refractivity contribution is 5.91. The molecule has 2 heterocycles. The summed E-state index contributed by atoms with van der Waals surface area (Å²) in [5.41, 5.74) is 8.96. The lowest BCUT2D eigenvalue weighted by Gasteiger charge is -2.25. The summed E-state index contributed by atoms with van der Waals surface area (Å²) in [4.78, 5) is 17.1. The van der Waals surface area contributed by atoms with Crippen LogP contribution in [0.1, 0.15) is 41.6 Å². The molecule has 104 valence electrons. The van der Waals surface area contributed by atoms with Gasteiger partial charge in [-0.1, -0.05) is 6.07 Å². The summed E-state index contributed by atoms with van der Waals surface area (Å²) < 4.78 is 1.66. The molecule has 5 heteroatoms. The van der Waals surface area contributed by atoms with Gasteiger partial charge in [-0.2, -0.15) is 5.10 Å². The van der Waals surface area contributed by atoms with E-state index >= 15 is 0 Å². The maximum absolute atomic E-state index is 12.7. The molecule has 2 aromatic rings. The number of ketones is 1. The van der Waals surface area contributed by atoms with Crippen molar-refractivity contribution in [3.05, 3.63) is 47.5 Å². The standard InChI is InChI=1S/C15H18N4O/c1-19-9-11(8-18-19)13(16)15(20)12-6-2-4-10-5-3-7-17-14(10)12/h3,5,7-9,12-13H,2,4,6,16H2,1H3. The average molecular weight is 270 g/mol. The molecule has 20 heavy (non-hydrogen) atoms. The third-order valence-electron chi connectivity index (χ3n) is 3.93. The zero-order chi connectivity index (χ0) is 14.1. The molecule has 3 rings (SSSR count). The van der Waals surface area contributed by atoms with E-state index in [1.807, 2.05) is 13.1 Å². The number of aromatic nitrogens is 3. The van der Waals surface area contributed by atoms with Gasteiger partial charge in [-0.05, 0) is 30.9 Å². The quantitative estimate of drug-likeness (QED) is 0.917. The van der Waals surface area contributed by atoms with E-state index in [2.05, 4.69) is 16.1 Å².